The Balaban J connectivity index is 1.98. The molecule has 0 spiro atoms. The molecule has 4 heteroatoms. The predicted octanol–water partition coefficient (Wildman–Crippen LogP) is 5.81. The molecule has 2 aromatic rings. The van der Waals surface area contributed by atoms with Crippen LogP contribution in [-0.2, 0) is 0 Å². The van der Waals surface area contributed by atoms with Gasteiger partial charge in [-0.2, -0.15) is 5.26 Å². The van der Waals surface area contributed by atoms with Crippen molar-refractivity contribution < 1.29 is 0 Å². The molecule has 1 heterocycles. The van der Waals surface area contributed by atoms with Crippen molar-refractivity contribution in [3.8, 4) is 17.3 Å². The highest BCUT2D eigenvalue weighted by atomic mass is 79.9. The van der Waals surface area contributed by atoms with E-state index in [2.05, 4.69) is 22.0 Å². The van der Waals surface area contributed by atoms with Gasteiger partial charge in [-0.05, 0) is 37.3 Å². The fourth-order valence-electron chi connectivity index (χ4n) is 2.69. The molecular formula is C17H15BrN2S. The van der Waals surface area contributed by atoms with Crippen molar-refractivity contribution in [1.82, 2.24) is 4.98 Å². The van der Waals surface area contributed by atoms with E-state index in [0.717, 1.165) is 39.2 Å². The highest BCUT2D eigenvalue weighted by Gasteiger charge is 2.16. The second-order valence-electron chi connectivity index (χ2n) is 5.17. The van der Waals surface area contributed by atoms with Crippen LogP contribution >= 0.6 is 27.3 Å². The van der Waals surface area contributed by atoms with Gasteiger partial charge in [-0.3, -0.25) is 0 Å². The van der Waals surface area contributed by atoms with Crippen LogP contribution in [0.3, 0.4) is 0 Å². The molecule has 0 bridgehead atoms. The Labute approximate surface area is 137 Å². The third-order valence-corrected chi connectivity index (χ3v) is 5.34. The van der Waals surface area contributed by atoms with Gasteiger partial charge in [-0.15, -0.1) is 11.3 Å². The zero-order valence-corrected chi connectivity index (χ0v) is 14.0. The molecule has 0 atom stereocenters. The smallest absolute Gasteiger partial charge is 0.134 e. The van der Waals surface area contributed by atoms with Gasteiger partial charge >= 0.3 is 0 Å². The normalized spacial score (nSPS) is 14.8. The molecule has 0 amide bonds. The van der Waals surface area contributed by atoms with Gasteiger partial charge in [0.25, 0.3) is 0 Å². The minimum absolute atomic E-state index is 0.804. The minimum atomic E-state index is 0.804. The largest absolute Gasteiger partial charge is 0.235 e. The summed E-state index contributed by atoms with van der Waals surface area (Å²) in [6.07, 6.45) is 5.77. The van der Waals surface area contributed by atoms with Crippen molar-refractivity contribution in [2.75, 3.05) is 0 Å². The first kappa shape index (κ1) is 14.5. The second-order valence-corrected chi connectivity index (χ2v) is 6.88. The van der Waals surface area contributed by atoms with Crippen molar-refractivity contribution in [2.45, 2.75) is 32.1 Å². The number of hydrogen-bond acceptors (Lipinski definition) is 3. The highest BCUT2D eigenvalue weighted by Crippen LogP contribution is 2.34. The third kappa shape index (κ3) is 3.09. The molecular weight excluding hydrogens is 344 g/mol. The molecule has 2 nitrogen and oxygen atoms in total. The molecule has 106 valence electrons. The van der Waals surface area contributed by atoms with Crippen molar-refractivity contribution in [1.29, 1.82) is 5.26 Å². The monoisotopic (exact) mass is 358 g/mol. The Morgan fingerprint density at radius 1 is 1.19 bits per heavy atom. The molecule has 0 saturated heterocycles. The molecule has 0 radical (unpaired) electrons. The van der Waals surface area contributed by atoms with E-state index >= 15 is 0 Å². The van der Waals surface area contributed by atoms with Crippen LogP contribution in [0.25, 0.3) is 16.8 Å². The maximum Gasteiger partial charge on any atom is 0.134 e. The number of nitrogens with zero attached hydrogens (tertiary/aromatic N) is 2. The number of rotatable bonds is 2. The van der Waals surface area contributed by atoms with Crippen molar-refractivity contribution in [3.63, 3.8) is 0 Å². The third-order valence-electron chi connectivity index (χ3n) is 3.79. The maximum atomic E-state index is 9.52. The molecule has 21 heavy (non-hydrogen) atoms. The summed E-state index contributed by atoms with van der Waals surface area (Å²) in [5, 5.41) is 12.4. The van der Waals surface area contributed by atoms with E-state index in [-0.39, 0.29) is 0 Å². The molecule has 1 aliphatic carbocycles. The lowest BCUT2D eigenvalue weighted by Gasteiger charge is -2.14. The van der Waals surface area contributed by atoms with E-state index in [1.54, 1.807) is 11.3 Å². The number of allylic oxidation sites excluding steroid dienone is 2. The molecule has 0 aliphatic heterocycles. The maximum absolute atomic E-state index is 9.52. The minimum Gasteiger partial charge on any atom is -0.235 e. The number of halogens is 1. The number of benzene rings is 1. The lowest BCUT2D eigenvalue weighted by Crippen LogP contribution is -1.97. The van der Waals surface area contributed by atoms with Crippen molar-refractivity contribution in [3.05, 3.63) is 44.7 Å². The zero-order chi connectivity index (χ0) is 14.7. The second kappa shape index (κ2) is 6.55. The summed E-state index contributed by atoms with van der Waals surface area (Å²) in [4.78, 5) is 4.70. The van der Waals surface area contributed by atoms with E-state index in [1.807, 2.05) is 29.6 Å². The van der Waals surface area contributed by atoms with E-state index in [1.165, 1.54) is 24.8 Å². The van der Waals surface area contributed by atoms with Crippen LogP contribution in [0.2, 0.25) is 0 Å². The SMILES string of the molecule is N#CC(=C1CCCCC1)c1nc(-c2ccccc2Br)cs1. The van der Waals surface area contributed by atoms with Crippen LogP contribution in [0.4, 0.5) is 0 Å². The summed E-state index contributed by atoms with van der Waals surface area (Å²) in [6.45, 7) is 0. The first-order valence-corrected chi connectivity index (χ1v) is 8.80. The predicted molar refractivity (Wildman–Crippen MR) is 90.9 cm³/mol. The van der Waals surface area contributed by atoms with Crippen LogP contribution in [0.5, 0.6) is 0 Å². The average molecular weight is 359 g/mol. The highest BCUT2D eigenvalue weighted by molar-refractivity contribution is 9.10. The average Bonchev–Trinajstić information content (AvgIpc) is 2.99. The number of aromatic nitrogens is 1. The molecule has 3 rings (SSSR count). The van der Waals surface area contributed by atoms with Gasteiger partial charge in [0.1, 0.15) is 11.1 Å². The molecule has 1 fully saturated rings. The van der Waals surface area contributed by atoms with Crippen LogP contribution in [0.15, 0.2) is 39.7 Å². The van der Waals surface area contributed by atoms with Gasteiger partial charge in [0, 0.05) is 15.4 Å². The van der Waals surface area contributed by atoms with Crippen LogP contribution in [0, 0.1) is 11.3 Å². The van der Waals surface area contributed by atoms with Gasteiger partial charge < -0.3 is 0 Å². The fourth-order valence-corrected chi connectivity index (χ4v) is 4.04. The van der Waals surface area contributed by atoms with Crippen molar-refractivity contribution in [2.24, 2.45) is 0 Å². The van der Waals surface area contributed by atoms with E-state index in [4.69, 9.17) is 4.98 Å². The van der Waals surface area contributed by atoms with Crippen LogP contribution in [-0.4, -0.2) is 4.98 Å². The topological polar surface area (TPSA) is 36.7 Å². The van der Waals surface area contributed by atoms with E-state index in [9.17, 15) is 5.26 Å². The Bertz CT molecular complexity index is 716. The lowest BCUT2D eigenvalue weighted by atomic mass is 9.91. The van der Waals surface area contributed by atoms with Gasteiger partial charge in [0.05, 0.1) is 11.3 Å². The summed E-state index contributed by atoms with van der Waals surface area (Å²) < 4.78 is 1.03. The quantitative estimate of drug-likeness (QED) is 0.634. The van der Waals surface area contributed by atoms with E-state index in [0.29, 0.717) is 0 Å². The molecule has 0 unspecified atom stereocenters. The van der Waals surface area contributed by atoms with Gasteiger partial charge in [-0.25, -0.2) is 4.98 Å². The summed E-state index contributed by atoms with van der Waals surface area (Å²) in [5.41, 5.74) is 4.10. The van der Waals surface area contributed by atoms with Gasteiger partial charge in [0.15, 0.2) is 0 Å². The molecule has 1 saturated carbocycles. The Morgan fingerprint density at radius 3 is 2.67 bits per heavy atom. The van der Waals surface area contributed by atoms with Crippen molar-refractivity contribution >= 4 is 32.8 Å². The molecule has 1 aliphatic rings. The molecule has 1 aromatic heterocycles. The van der Waals surface area contributed by atoms with E-state index < -0.39 is 0 Å². The van der Waals surface area contributed by atoms with Crippen LogP contribution < -0.4 is 0 Å². The summed E-state index contributed by atoms with van der Waals surface area (Å²) >= 11 is 5.13. The Hall–Kier alpha value is -1.44. The summed E-state index contributed by atoms with van der Waals surface area (Å²) in [7, 11) is 0. The van der Waals surface area contributed by atoms with Gasteiger partial charge in [0.2, 0.25) is 0 Å². The Kier molecular flexibility index (Phi) is 4.52. The molecule has 1 aromatic carbocycles. The number of hydrogen-bond donors (Lipinski definition) is 0. The van der Waals surface area contributed by atoms with Crippen LogP contribution in [0.1, 0.15) is 37.1 Å². The van der Waals surface area contributed by atoms with Gasteiger partial charge in [-0.1, -0.05) is 40.5 Å². The lowest BCUT2D eigenvalue weighted by molar-refractivity contribution is 0.601. The standard InChI is InChI=1S/C17H15BrN2S/c18-15-9-5-4-8-13(15)16-11-21-17(20-16)14(10-19)12-6-2-1-3-7-12/h4-5,8-9,11H,1-3,6-7H2. The zero-order valence-electron chi connectivity index (χ0n) is 11.6. The number of thiazole rings is 1. The summed E-state index contributed by atoms with van der Waals surface area (Å²) in [5.74, 6) is 0. The molecule has 0 N–H and O–H groups in total. The number of nitriles is 1. The Morgan fingerprint density at radius 2 is 1.95 bits per heavy atom. The first-order chi connectivity index (χ1) is 10.3. The fraction of sp³-hybridized carbons (Fsp3) is 0.294. The summed E-state index contributed by atoms with van der Waals surface area (Å²) in [6, 6.07) is 10.4. The first-order valence-electron chi connectivity index (χ1n) is 7.12.